The van der Waals surface area contributed by atoms with Crippen LogP contribution >= 0.6 is 0 Å². The molecule has 2 rings (SSSR count). The molecule has 4 heteroatoms. The Bertz CT molecular complexity index is 502. The first-order chi connectivity index (χ1) is 7.22. The quantitative estimate of drug-likeness (QED) is 0.728. The van der Waals surface area contributed by atoms with Crippen LogP contribution in [0.2, 0.25) is 0 Å². The smallest absolute Gasteiger partial charge is 0.311 e. The number of para-hydroxylation sites is 1. The number of hydrogen-bond acceptors (Lipinski definition) is 3. The molecule has 0 radical (unpaired) electrons. The summed E-state index contributed by atoms with van der Waals surface area (Å²) in [6.07, 6.45) is 0.178. The van der Waals surface area contributed by atoms with E-state index in [1.165, 1.54) is 7.11 Å². The van der Waals surface area contributed by atoms with Gasteiger partial charge in [-0.25, -0.2) is 0 Å². The SMILES string of the molecule is COC(=O)Cc1[nH]c2ccccc2c1N. The van der Waals surface area contributed by atoms with E-state index in [1.54, 1.807) is 0 Å². The number of benzene rings is 1. The van der Waals surface area contributed by atoms with Crippen molar-refractivity contribution in [1.82, 2.24) is 4.98 Å². The average Bonchev–Trinajstić information content (AvgIpc) is 2.57. The van der Waals surface area contributed by atoms with Crippen LogP contribution in [0.1, 0.15) is 5.69 Å². The minimum Gasteiger partial charge on any atom is -0.469 e. The van der Waals surface area contributed by atoms with E-state index in [2.05, 4.69) is 9.72 Å². The molecule has 0 saturated carbocycles. The van der Waals surface area contributed by atoms with E-state index in [0.717, 1.165) is 10.9 Å². The van der Waals surface area contributed by atoms with Gasteiger partial charge in [0.05, 0.1) is 24.9 Å². The molecule has 0 amide bonds. The molecular formula is C11H12N2O2. The van der Waals surface area contributed by atoms with Crippen LogP contribution in [0.25, 0.3) is 10.9 Å². The maximum atomic E-state index is 11.1. The number of nitrogens with one attached hydrogen (secondary N) is 1. The number of fused-ring (bicyclic) bond motifs is 1. The van der Waals surface area contributed by atoms with Crippen LogP contribution in [-0.4, -0.2) is 18.1 Å². The van der Waals surface area contributed by atoms with E-state index in [-0.39, 0.29) is 12.4 Å². The highest BCUT2D eigenvalue weighted by atomic mass is 16.5. The second-order valence-corrected chi connectivity index (χ2v) is 3.32. The Labute approximate surface area is 87.0 Å². The van der Waals surface area contributed by atoms with Gasteiger partial charge in [0.2, 0.25) is 0 Å². The number of rotatable bonds is 2. The second kappa shape index (κ2) is 3.65. The Morgan fingerprint density at radius 1 is 1.47 bits per heavy atom. The Balaban J connectivity index is 2.44. The standard InChI is InChI=1S/C11H12N2O2/c1-15-10(14)6-9-11(12)7-4-2-3-5-8(7)13-9/h2-5,13H,6,12H2,1H3. The number of carbonyl (C=O) groups excluding carboxylic acids is 1. The molecule has 1 heterocycles. The molecule has 0 fully saturated rings. The Kier molecular flexibility index (Phi) is 2.33. The Hall–Kier alpha value is -1.97. The first-order valence-electron chi connectivity index (χ1n) is 4.64. The summed E-state index contributed by atoms with van der Waals surface area (Å²) in [5.41, 5.74) is 8.17. The predicted molar refractivity (Wildman–Crippen MR) is 58.4 cm³/mol. The lowest BCUT2D eigenvalue weighted by Crippen LogP contribution is -2.06. The van der Waals surface area contributed by atoms with Crippen molar-refractivity contribution in [2.24, 2.45) is 0 Å². The lowest BCUT2D eigenvalue weighted by atomic mass is 10.2. The van der Waals surface area contributed by atoms with E-state index < -0.39 is 0 Å². The molecule has 0 atom stereocenters. The number of esters is 1. The molecule has 0 aliphatic carbocycles. The van der Waals surface area contributed by atoms with Crippen molar-refractivity contribution in [2.45, 2.75) is 6.42 Å². The lowest BCUT2D eigenvalue weighted by molar-refractivity contribution is -0.139. The third kappa shape index (κ3) is 1.66. The van der Waals surface area contributed by atoms with Crippen LogP contribution in [0.5, 0.6) is 0 Å². The van der Waals surface area contributed by atoms with Crippen molar-refractivity contribution in [2.75, 3.05) is 12.8 Å². The van der Waals surface area contributed by atoms with Gasteiger partial charge < -0.3 is 15.5 Å². The molecule has 0 aliphatic rings. The van der Waals surface area contributed by atoms with Crippen LogP contribution in [0.3, 0.4) is 0 Å². The fourth-order valence-electron chi connectivity index (χ4n) is 1.58. The summed E-state index contributed by atoms with van der Waals surface area (Å²) >= 11 is 0. The maximum absolute atomic E-state index is 11.1. The first kappa shape index (κ1) is 9.58. The number of H-pyrrole nitrogens is 1. The molecule has 0 spiro atoms. The van der Waals surface area contributed by atoms with Gasteiger partial charge in [0, 0.05) is 10.9 Å². The van der Waals surface area contributed by atoms with Gasteiger partial charge >= 0.3 is 5.97 Å². The highest BCUT2D eigenvalue weighted by Gasteiger charge is 2.11. The third-order valence-corrected chi connectivity index (χ3v) is 2.38. The van der Waals surface area contributed by atoms with Gasteiger partial charge in [-0.3, -0.25) is 4.79 Å². The molecule has 4 nitrogen and oxygen atoms in total. The zero-order chi connectivity index (χ0) is 10.8. The molecule has 3 N–H and O–H groups in total. The number of nitrogen functional groups attached to an aromatic ring is 1. The van der Waals surface area contributed by atoms with Crippen LogP contribution in [0, 0.1) is 0 Å². The molecule has 0 bridgehead atoms. The van der Waals surface area contributed by atoms with E-state index in [1.807, 2.05) is 24.3 Å². The summed E-state index contributed by atoms with van der Waals surface area (Å²) in [6, 6.07) is 7.67. The molecule has 0 saturated heterocycles. The van der Waals surface area contributed by atoms with Gasteiger partial charge in [-0.15, -0.1) is 0 Å². The number of aromatic amines is 1. The van der Waals surface area contributed by atoms with Crippen LogP contribution in [0.15, 0.2) is 24.3 Å². The van der Waals surface area contributed by atoms with Gasteiger partial charge in [0.25, 0.3) is 0 Å². The number of nitrogens with two attached hydrogens (primary N) is 1. The number of carbonyl (C=O) groups is 1. The molecule has 0 unspecified atom stereocenters. The van der Waals surface area contributed by atoms with E-state index >= 15 is 0 Å². The van der Waals surface area contributed by atoms with Crippen molar-refractivity contribution in [3.63, 3.8) is 0 Å². The van der Waals surface area contributed by atoms with Gasteiger partial charge in [0.15, 0.2) is 0 Å². The topological polar surface area (TPSA) is 68.1 Å². The van der Waals surface area contributed by atoms with E-state index in [9.17, 15) is 4.79 Å². The van der Waals surface area contributed by atoms with E-state index in [0.29, 0.717) is 11.4 Å². The number of aromatic nitrogens is 1. The van der Waals surface area contributed by atoms with Gasteiger partial charge in [-0.1, -0.05) is 18.2 Å². The molecule has 78 valence electrons. The molecule has 1 aromatic heterocycles. The highest BCUT2D eigenvalue weighted by molar-refractivity contribution is 5.94. The van der Waals surface area contributed by atoms with Gasteiger partial charge in [-0.05, 0) is 6.07 Å². The summed E-state index contributed by atoms with van der Waals surface area (Å²) in [7, 11) is 1.36. The Morgan fingerprint density at radius 3 is 2.87 bits per heavy atom. The van der Waals surface area contributed by atoms with Crippen molar-refractivity contribution in [1.29, 1.82) is 0 Å². The summed E-state index contributed by atoms with van der Waals surface area (Å²) < 4.78 is 4.59. The van der Waals surface area contributed by atoms with Crippen molar-refractivity contribution >= 4 is 22.6 Å². The molecule has 15 heavy (non-hydrogen) atoms. The van der Waals surface area contributed by atoms with Crippen molar-refractivity contribution in [3.05, 3.63) is 30.0 Å². The van der Waals surface area contributed by atoms with Crippen LogP contribution in [-0.2, 0) is 16.0 Å². The summed E-state index contributed by atoms with van der Waals surface area (Å²) in [6.45, 7) is 0. The van der Waals surface area contributed by atoms with Crippen LogP contribution in [0.4, 0.5) is 5.69 Å². The molecule has 0 aliphatic heterocycles. The highest BCUT2D eigenvalue weighted by Crippen LogP contribution is 2.24. The molecule has 1 aromatic carbocycles. The van der Waals surface area contributed by atoms with Crippen LogP contribution < -0.4 is 5.73 Å². The minimum atomic E-state index is -0.298. The fourth-order valence-corrected chi connectivity index (χ4v) is 1.58. The van der Waals surface area contributed by atoms with Crippen molar-refractivity contribution in [3.8, 4) is 0 Å². The zero-order valence-corrected chi connectivity index (χ0v) is 8.41. The fraction of sp³-hybridized carbons (Fsp3) is 0.182. The summed E-state index contributed by atoms with van der Waals surface area (Å²) in [5, 5.41) is 0.941. The predicted octanol–water partition coefficient (Wildman–Crippen LogP) is 1.47. The first-order valence-corrected chi connectivity index (χ1v) is 4.64. The zero-order valence-electron chi connectivity index (χ0n) is 8.41. The maximum Gasteiger partial charge on any atom is 0.311 e. The summed E-state index contributed by atoms with van der Waals surface area (Å²) in [4.78, 5) is 14.2. The summed E-state index contributed by atoms with van der Waals surface area (Å²) in [5.74, 6) is -0.298. The van der Waals surface area contributed by atoms with Crippen molar-refractivity contribution < 1.29 is 9.53 Å². The lowest BCUT2D eigenvalue weighted by Gasteiger charge is -1.97. The van der Waals surface area contributed by atoms with Gasteiger partial charge in [-0.2, -0.15) is 0 Å². The number of ether oxygens (including phenoxy) is 1. The molecule has 2 aromatic rings. The Morgan fingerprint density at radius 2 is 2.20 bits per heavy atom. The van der Waals surface area contributed by atoms with Gasteiger partial charge in [0.1, 0.15) is 0 Å². The monoisotopic (exact) mass is 204 g/mol. The largest absolute Gasteiger partial charge is 0.469 e. The normalized spacial score (nSPS) is 10.5. The minimum absolute atomic E-state index is 0.178. The number of methoxy groups -OCH3 is 1. The third-order valence-electron chi connectivity index (χ3n) is 2.38. The second-order valence-electron chi connectivity index (χ2n) is 3.32. The average molecular weight is 204 g/mol. The molecular weight excluding hydrogens is 192 g/mol. The van der Waals surface area contributed by atoms with E-state index in [4.69, 9.17) is 5.73 Å². The number of anilines is 1. The number of hydrogen-bond donors (Lipinski definition) is 2.